The molecule has 7 nitrogen and oxygen atoms in total. The first-order chi connectivity index (χ1) is 9.40. The number of carboxylic acid groups (broad SMARTS) is 1. The molecule has 0 radical (unpaired) electrons. The van der Waals surface area contributed by atoms with E-state index in [9.17, 15) is 9.90 Å². The third-order valence-electron chi connectivity index (χ3n) is 2.24. The van der Waals surface area contributed by atoms with Crippen LogP contribution in [0.5, 0.6) is 0 Å². The highest BCUT2D eigenvalue weighted by Crippen LogP contribution is 2.09. The number of aliphatic hydroxyl groups excluding tert-OH is 2. The predicted molar refractivity (Wildman–Crippen MR) is 73.0 cm³/mol. The normalized spacial score (nSPS) is 15.2. The fourth-order valence-electron chi connectivity index (χ4n) is 1.27. The molecule has 0 aromatic heterocycles. The van der Waals surface area contributed by atoms with Crippen molar-refractivity contribution in [2.45, 2.75) is 71.7 Å². The zero-order valence-corrected chi connectivity index (χ0v) is 12.7. The summed E-state index contributed by atoms with van der Waals surface area (Å²) < 4.78 is 9.88. The van der Waals surface area contributed by atoms with Crippen LogP contribution in [0.2, 0.25) is 0 Å². The van der Waals surface area contributed by atoms with E-state index in [1.807, 2.05) is 20.8 Å². The lowest BCUT2D eigenvalue weighted by Crippen LogP contribution is -2.43. The summed E-state index contributed by atoms with van der Waals surface area (Å²) >= 11 is 0. The van der Waals surface area contributed by atoms with E-state index in [2.05, 4.69) is 0 Å². The average Bonchev–Trinajstić information content (AvgIpc) is 2.38. The van der Waals surface area contributed by atoms with Crippen molar-refractivity contribution < 1.29 is 34.7 Å². The largest absolute Gasteiger partial charge is 0.479 e. The predicted octanol–water partition coefficient (Wildman–Crippen LogP) is 0.707. The number of ether oxygens (including phenoxy) is 2. The Kier molecular flexibility index (Phi) is 14.3. The standard InChI is InChI=1S/C11H22O7.C2H6/c1-3-4-5-6-17-11(10(15)16)18-8(7(2)12)9(13)14;1-2/h7-8,10-12,15-16H,3-6H2,1-2H3,(H,13,14);1-2H3. The van der Waals surface area contributed by atoms with Gasteiger partial charge in [0, 0.05) is 6.61 Å². The first kappa shape index (κ1) is 21.6. The molecule has 0 aliphatic heterocycles. The minimum Gasteiger partial charge on any atom is -0.479 e. The molecule has 0 saturated carbocycles. The topological polar surface area (TPSA) is 116 Å². The van der Waals surface area contributed by atoms with Gasteiger partial charge in [-0.2, -0.15) is 0 Å². The number of carboxylic acids is 1. The van der Waals surface area contributed by atoms with Crippen LogP contribution in [-0.4, -0.2) is 57.8 Å². The molecule has 0 aromatic rings. The maximum Gasteiger partial charge on any atom is 0.335 e. The Labute approximate surface area is 120 Å². The van der Waals surface area contributed by atoms with Crippen LogP contribution in [-0.2, 0) is 14.3 Å². The van der Waals surface area contributed by atoms with E-state index < -0.39 is 30.8 Å². The van der Waals surface area contributed by atoms with Gasteiger partial charge in [-0.05, 0) is 13.3 Å². The fourth-order valence-corrected chi connectivity index (χ4v) is 1.27. The highest BCUT2D eigenvalue weighted by atomic mass is 16.7. The number of unbranched alkanes of at least 4 members (excludes halogenated alkanes) is 2. The second kappa shape index (κ2) is 13.3. The molecular formula is C13H28O7. The second-order valence-corrected chi connectivity index (χ2v) is 4.00. The third kappa shape index (κ3) is 10.1. The molecule has 122 valence electrons. The molecule has 0 rings (SSSR count). The summed E-state index contributed by atoms with van der Waals surface area (Å²) in [6.45, 7) is 7.46. The number of aliphatic hydroxyl groups is 3. The van der Waals surface area contributed by atoms with E-state index >= 15 is 0 Å². The van der Waals surface area contributed by atoms with Crippen molar-refractivity contribution in [1.82, 2.24) is 0 Å². The molecule has 0 bridgehead atoms. The van der Waals surface area contributed by atoms with Crippen LogP contribution >= 0.6 is 0 Å². The number of rotatable bonds is 10. The number of carbonyl (C=O) groups is 1. The molecule has 0 aliphatic rings. The van der Waals surface area contributed by atoms with Gasteiger partial charge in [0.1, 0.15) is 0 Å². The van der Waals surface area contributed by atoms with Crippen LogP contribution in [0, 0.1) is 0 Å². The van der Waals surface area contributed by atoms with Crippen molar-refractivity contribution in [3.8, 4) is 0 Å². The van der Waals surface area contributed by atoms with Crippen LogP contribution in [0.15, 0.2) is 0 Å². The lowest BCUT2D eigenvalue weighted by Gasteiger charge is -2.25. The fraction of sp³-hybridized carbons (Fsp3) is 0.923. The monoisotopic (exact) mass is 296 g/mol. The van der Waals surface area contributed by atoms with E-state index in [1.54, 1.807) is 0 Å². The van der Waals surface area contributed by atoms with E-state index in [0.29, 0.717) is 6.42 Å². The molecule has 4 N–H and O–H groups in total. The molecule has 3 unspecified atom stereocenters. The second-order valence-electron chi connectivity index (χ2n) is 4.00. The third-order valence-corrected chi connectivity index (χ3v) is 2.24. The summed E-state index contributed by atoms with van der Waals surface area (Å²) in [7, 11) is 0. The Balaban J connectivity index is 0. The van der Waals surface area contributed by atoms with Crippen molar-refractivity contribution >= 4 is 5.97 Å². The highest BCUT2D eigenvalue weighted by molar-refractivity contribution is 5.73. The SMILES string of the molecule is CC.CCCCCOC(OC(C(=O)O)C(C)O)C(O)O. The van der Waals surface area contributed by atoms with E-state index in [0.717, 1.165) is 12.8 Å². The molecule has 0 aromatic carbocycles. The molecule has 0 heterocycles. The minimum absolute atomic E-state index is 0.224. The molecule has 20 heavy (non-hydrogen) atoms. The number of aliphatic carboxylic acids is 1. The molecule has 3 atom stereocenters. The highest BCUT2D eigenvalue weighted by Gasteiger charge is 2.30. The van der Waals surface area contributed by atoms with E-state index in [4.69, 9.17) is 24.8 Å². The molecule has 0 aliphatic carbocycles. The summed E-state index contributed by atoms with van der Waals surface area (Å²) in [5.41, 5.74) is 0. The summed E-state index contributed by atoms with van der Waals surface area (Å²) in [5, 5.41) is 36.0. The van der Waals surface area contributed by atoms with Gasteiger partial charge >= 0.3 is 5.97 Å². The zero-order chi connectivity index (χ0) is 16.1. The van der Waals surface area contributed by atoms with E-state index in [-0.39, 0.29) is 6.61 Å². The molecule has 0 fully saturated rings. The van der Waals surface area contributed by atoms with Crippen molar-refractivity contribution in [2.24, 2.45) is 0 Å². The van der Waals surface area contributed by atoms with Gasteiger partial charge in [-0.3, -0.25) is 0 Å². The maximum absolute atomic E-state index is 10.8. The summed E-state index contributed by atoms with van der Waals surface area (Å²) in [6, 6.07) is 0. The van der Waals surface area contributed by atoms with Crippen molar-refractivity contribution in [3.05, 3.63) is 0 Å². The quantitative estimate of drug-likeness (QED) is 0.346. The van der Waals surface area contributed by atoms with Crippen molar-refractivity contribution in [2.75, 3.05) is 6.61 Å². The number of hydrogen-bond acceptors (Lipinski definition) is 6. The Hall–Kier alpha value is -0.730. The van der Waals surface area contributed by atoms with Crippen LogP contribution in [0.1, 0.15) is 47.0 Å². The average molecular weight is 296 g/mol. The number of hydrogen-bond donors (Lipinski definition) is 4. The van der Waals surface area contributed by atoms with Gasteiger partial charge in [0.15, 0.2) is 6.10 Å². The summed E-state index contributed by atoms with van der Waals surface area (Å²) in [5.74, 6) is -1.40. The molecular weight excluding hydrogens is 268 g/mol. The zero-order valence-electron chi connectivity index (χ0n) is 12.7. The van der Waals surface area contributed by atoms with Gasteiger partial charge in [-0.25, -0.2) is 4.79 Å². The van der Waals surface area contributed by atoms with Crippen LogP contribution < -0.4 is 0 Å². The molecule has 0 spiro atoms. The first-order valence-corrected chi connectivity index (χ1v) is 6.94. The Morgan fingerprint density at radius 1 is 1.15 bits per heavy atom. The summed E-state index contributed by atoms with van der Waals surface area (Å²) in [4.78, 5) is 10.8. The van der Waals surface area contributed by atoms with E-state index in [1.165, 1.54) is 6.92 Å². The van der Waals surface area contributed by atoms with Gasteiger partial charge in [0.25, 0.3) is 0 Å². The van der Waals surface area contributed by atoms with Gasteiger partial charge in [0.05, 0.1) is 6.10 Å². The Morgan fingerprint density at radius 3 is 2.05 bits per heavy atom. The van der Waals surface area contributed by atoms with Crippen LogP contribution in [0.3, 0.4) is 0 Å². The van der Waals surface area contributed by atoms with Gasteiger partial charge in [-0.1, -0.05) is 33.6 Å². The van der Waals surface area contributed by atoms with Gasteiger partial charge < -0.3 is 29.9 Å². The van der Waals surface area contributed by atoms with Crippen molar-refractivity contribution in [1.29, 1.82) is 0 Å². The Morgan fingerprint density at radius 2 is 1.70 bits per heavy atom. The molecule has 0 saturated heterocycles. The maximum atomic E-state index is 10.8. The lowest BCUT2D eigenvalue weighted by molar-refractivity contribution is -0.276. The first-order valence-electron chi connectivity index (χ1n) is 6.94. The van der Waals surface area contributed by atoms with Crippen molar-refractivity contribution in [3.63, 3.8) is 0 Å². The van der Waals surface area contributed by atoms with Crippen LogP contribution in [0.25, 0.3) is 0 Å². The summed E-state index contributed by atoms with van der Waals surface area (Å²) in [6.07, 6.45) is -3.72. The lowest BCUT2D eigenvalue weighted by atomic mass is 10.2. The smallest absolute Gasteiger partial charge is 0.335 e. The van der Waals surface area contributed by atoms with Crippen LogP contribution in [0.4, 0.5) is 0 Å². The van der Waals surface area contributed by atoms with Gasteiger partial charge in [0.2, 0.25) is 12.6 Å². The molecule has 0 amide bonds. The minimum atomic E-state index is -1.97. The molecule has 7 heteroatoms. The van der Waals surface area contributed by atoms with Gasteiger partial charge in [-0.15, -0.1) is 0 Å². The Bertz CT molecular complexity index is 231.